The molecule has 0 radical (unpaired) electrons. The summed E-state index contributed by atoms with van der Waals surface area (Å²) >= 11 is 0. The zero-order valence-corrected chi connectivity index (χ0v) is 16.8. The Morgan fingerprint density at radius 1 is 0.933 bits per heavy atom. The Kier molecular flexibility index (Phi) is 6.12. The number of nitrogens with one attached hydrogen (secondary N) is 2. The highest BCUT2D eigenvalue weighted by molar-refractivity contribution is 7.92. The number of nitro groups is 1. The van der Waals surface area contributed by atoms with E-state index in [4.69, 9.17) is 0 Å². The lowest BCUT2D eigenvalue weighted by Crippen LogP contribution is -2.28. The van der Waals surface area contributed by atoms with Crippen LogP contribution in [0, 0.1) is 10.1 Å². The van der Waals surface area contributed by atoms with E-state index in [0.29, 0.717) is 0 Å². The Bertz CT molecular complexity index is 1160. The molecular formula is C21H19N3O5S. The Labute approximate surface area is 173 Å². The number of nitro benzene ring substituents is 1. The van der Waals surface area contributed by atoms with E-state index >= 15 is 0 Å². The van der Waals surface area contributed by atoms with Gasteiger partial charge in [0.2, 0.25) is 0 Å². The second kappa shape index (κ2) is 8.75. The fourth-order valence-electron chi connectivity index (χ4n) is 2.82. The molecule has 0 aromatic heterocycles. The van der Waals surface area contributed by atoms with Crippen molar-refractivity contribution < 1.29 is 18.1 Å². The van der Waals surface area contributed by atoms with Crippen LogP contribution >= 0.6 is 0 Å². The first-order valence-corrected chi connectivity index (χ1v) is 10.5. The molecule has 1 amide bonds. The Hall–Kier alpha value is -3.72. The van der Waals surface area contributed by atoms with Crippen molar-refractivity contribution in [2.45, 2.75) is 17.9 Å². The zero-order valence-electron chi connectivity index (χ0n) is 16.0. The summed E-state index contributed by atoms with van der Waals surface area (Å²) in [6, 6.07) is 19.8. The smallest absolute Gasteiger partial charge is 0.269 e. The summed E-state index contributed by atoms with van der Waals surface area (Å²) in [6.45, 7) is 1.83. The van der Waals surface area contributed by atoms with Crippen LogP contribution in [-0.4, -0.2) is 19.2 Å². The van der Waals surface area contributed by atoms with E-state index in [1.54, 1.807) is 12.1 Å². The third kappa shape index (κ3) is 4.81. The maximum Gasteiger partial charge on any atom is 0.269 e. The summed E-state index contributed by atoms with van der Waals surface area (Å²) in [6.07, 6.45) is 0. The summed E-state index contributed by atoms with van der Waals surface area (Å²) in [5.74, 6) is -0.437. The number of carbonyl (C=O) groups excluding carboxylic acids is 1. The molecule has 154 valence electrons. The largest absolute Gasteiger partial charge is 0.345 e. The number of hydrogen-bond acceptors (Lipinski definition) is 5. The molecule has 0 saturated carbocycles. The van der Waals surface area contributed by atoms with Crippen molar-refractivity contribution in [1.29, 1.82) is 0 Å². The molecule has 0 aliphatic carbocycles. The van der Waals surface area contributed by atoms with E-state index < -0.39 is 20.9 Å². The predicted octanol–water partition coefficient (Wildman–Crippen LogP) is 3.89. The van der Waals surface area contributed by atoms with Gasteiger partial charge in [0.15, 0.2) is 0 Å². The molecule has 30 heavy (non-hydrogen) atoms. The van der Waals surface area contributed by atoms with Gasteiger partial charge in [-0.25, -0.2) is 8.42 Å². The molecule has 0 aliphatic heterocycles. The minimum absolute atomic E-state index is 0.105. The Morgan fingerprint density at radius 2 is 1.53 bits per heavy atom. The lowest BCUT2D eigenvalue weighted by atomic mass is 10.1. The van der Waals surface area contributed by atoms with Crippen LogP contribution in [0.2, 0.25) is 0 Å². The van der Waals surface area contributed by atoms with Crippen LogP contribution in [0.4, 0.5) is 11.4 Å². The monoisotopic (exact) mass is 425 g/mol. The highest BCUT2D eigenvalue weighted by Gasteiger charge is 2.20. The molecule has 0 fully saturated rings. The molecule has 0 spiro atoms. The SMILES string of the molecule is C[C@H](NC(=O)c1ccccc1NS(=O)(=O)c1ccc([N+](=O)[O-])cc1)c1ccccc1. The first-order chi connectivity index (χ1) is 14.3. The van der Waals surface area contributed by atoms with Crippen molar-refractivity contribution in [3.05, 3.63) is 100 Å². The van der Waals surface area contributed by atoms with E-state index in [0.717, 1.165) is 29.8 Å². The van der Waals surface area contributed by atoms with E-state index in [9.17, 15) is 23.3 Å². The van der Waals surface area contributed by atoms with Crippen molar-refractivity contribution in [3.63, 3.8) is 0 Å². The average Bonchev–Trinajstić information content (AvgIpc) is 2.74. The van der Waals surface area contributed by atoms with Crippen molar-refractivity contribution in [2.24, 2.45) is 0 Å². The van der Waals surface area contributed by atoms with Crippen LogP contribution in [0.25, 0.3) is 0 Å². The topological polar surface area (TPSA) is 118 Å². The average molecular weight is 425 g/mol. The van der Waals surface area contributed by atoms with E-state index in [-0.39, 0.29) is 27.9 Å². The number of amides is 1. The van der Waals surface area contributed by atoms with Gasteiger partial charge in [0.1, 0.15) is 0 Å². The number of anilines is 1. The van der Waals surface area contributed by atoms with Gasteiger partial charge in [-0.1, -0.05) is 42.5 Å². The number of rotatable bonds is 7. The minimum atomic E-state index is -4.05. The second-order valence-corrected chi connectivity index (χ2v) is 8.19. The van der Waals surface area contributed by atoms with Crippen molar-refractivity contribution in [3.8, 4) is 0 Å². The maximum atomic E-state index is 12.8. The molecule has 3 rings (SSSR count). The van der Waals surface area contributed by atoms with Crippen LogP contribution in [0.1, 0.15) is 28.9 Å². The Morgan fingerprint density at radius 3 is 2.17 bits per heavy atom. The van der Waals surface area contributed by atoms with Gasteiger partial charge in [-0.2, -0.15) is 0 Å². The van der Waals surface area contributed by atoms with Crippen molar-refractivity contribution in [2.75, 3.05) is 4.72 Å². The highest BCUT2D eigenvalue weighted by atomic mass is 32.2. The molecule has 0 unspecified atom stereocenters. The summed E-state index contributed by atoms with van der Waals surface area (Å²) in [5.41, 5.74) is 0.956. The van der Waals surface area contributed by atoms with Crippen LogP contribution in [-0.2, 0) is 10.0 Å². The van der Waals surface area contributed by atoms with Gasteiger partial charge in [-0.3, -0.25) is 19.6 Å². The molecule has 0 bridgehead atoms. The van der Waals surface area contributed by atoms with Gasteiger partial charge in [-0.05, 0) is 36.8 Å². The third-order valence-electron chi connectivity index (χ3n) is 4.42. The summed E-state index contributed by atoms with van der Waals surface area (Å²) < 4.78 is 27.8. The fourth-order valence-corrected chi connectivity index (χ4v) is 3.90. The fraction of sp³-hybridized carbons (Fsp3) is 0.0952. The predicted molar refractivity (Wildman–Crippen MR) is 113 cm³/mol. The van der Waals surface area contributed by atoms with Crippen molar-refractivity contribution in [1.82, 2.24) is 5.32 Å². The van der Waals surface area contributed by atoms with Gasteiger partial charge in [0.25, 0.3) is 21.6 Å². The molecule has 0 aliphatic rings. The maximum absolute atomic E-state index is 12.8. The molecule has 2 N–H and O–H groups in total. The van der Waals surface area contributed by atoms with Gasteiger partial charge >= 0.3 is 0 Å². The van der Waals surface area contributed by atoms with E-state index in [1.165, 1.54) is 12.1 Å². The van der Waals surface area contributed by atoms with E-state index in [1.807, 2.05) is 37.3 Å². The lowest BCUT2D eigenvalue weighted by molar-refractivity contribution is -0.384. The number of carbonyl (C=O) groups is 1. The molecule has 3 aromatic carbocycles. The summed E-state index contributed by atoms with van der Waals surface area (Å²) in [4.78, 5) is 22.8. The standard InChI is InChI=1S/C21H19N3O5S/c1-15(16-7-3-2-4-8-16)22-21(25)19-9-5-6-10-20(19)23-30(28,29)18-13-11-17(12-14-18)24(26)27/h2-15,23H,1H3,(H,22,25)/t15-/m0/s1. The number of nitrogens with zero attached hydrogens (tertiary/aromatic N) is 1. The number of para-hydroxylation sites is 1. The number of sulfonamides is 1. The van der Waals surface area contributed by atoms with Gasteiger partial charge in [-0.15, -0.1) is 0 Å². The third-order valence-corrected chi connectivity index (χ3v) is 5.80. The van der Waals surface area contributed by atoms with Crippen molar-refractivity contribution >= 4 is 27.3 Å². The second-order valence-electron chi connectivity index (χ2n) is 6.51. The molecule has 0 saturated heterocycles. The molecule has 9 heteroatoms. The number of non-ortho nitro benzene ring substituents is 1. The van der Waals surface area contributed by atoms with Gasteiger partial charge in [0.05, 0.1) is 27.1 Å². The van der Waals surface area contributed by atoms with Crippen LogP contribution in [0.5, 0.6) is 0 Å². The molecule has 3 aromatic rings. The van der Waals surface area contributed by atoms with Gasteiger partial charge in [0, 0.05) is 12.1 Å². The van der Waals surface area contributed by atoms with Gasteiger partial charge < -0.3 is 5.32 Å². The van der Waals surface area contributed by atoms with Crippen LogP contribution < -0.4 is 10.0 Å². The van der Waals surface area contributed by atoms with Crippen LogP contribution in [0.15, 0.2) is 83.8 Å². The molecular weight excluding hydrogens is 406 g/mol. The summed E-state index contributed by atoms with van der Waals surface area (Å²) in [5, 5.41) is 13.6. The first kappa shape index (κ1) is 21.0. The van der Waals surface area contributed by atoms with E-state index in [2.05, 4.69) is 10.0 Å². The quantitative estimate of drug-likeness (QED) is 0.440. The highest BCUT2D eigenvalue weighted by Crippen LogP contribution is 2.23. The minimum Gasteiger partial charge on any atom is -0.345 e. The lowest BCUT2D eigenvalue weighted by Gasteiger charge is -2.17. The number of hydrogen-bond donors (Lipinski definition) is 2. The number of benzene rings is 3. The molecule has 1 atom stereocenters. The molecule has 8 nitrogen and oxygen atoms in total. The first-order valence-electron chi connectivity index (χ1n) is 9.00. The normalized spacial score (nSPS) is 12.0. The van der Waals surface area contributed by atoms with Crippen LogP contribution in [0.3, 0.4) is 0 Å². The Balaban J connectivity index is 1.82. The summed E-state index contributed by atoms with van der Waals surface area (Å²) in [7, 11) is -4.05. The zero-order chi connectivity index (χ0) is 21.7. The molecule has 0 heterocycles.